The number of sulfonamides is 1. The molecule has 198 valence electrons. The Hall–Kier alpha value is -3.92. The molecule has 10 heteroatoms. The third kappa shape index (κ3) is 4.28. The quantitative estimate of drug-likeness (QED) is 0.317. The smallest absolute Gasteiger partial charge is 0.267 e. The van der Waals surface area contributed by atoms with Gasteiger partial charge in [-0.15, -0.1) is 0 Å². The van der Waals surface area contributed by atoms with Crippen molar-refractivity contribution in [2.75, 3.05) is 22.8 Å². The molecule has 0 radical (unpaired) electrons. The number of amides is 1. The monoisotopic (exact) mass is 534 g/mol. The molecule has 1 aliphatic rings. The maximum Gasteiger partial charge on any atom is 0.267 e. The van der Waals surface area contributed by atoms with Crippen LogP contribution in [0, 0.1) is 19.3 Å². The predicted octanol–water partition coefficient (Wildman–Crippen LogP) is 5.59. The summed E-state index contributed by atoms with van der Waals surface area (Å²) in [5.41, 5.74) is 3.10. The third-order valence-corrected chi connectivity index (χ3v) is 9.01. The Bertz CT molecular complexity index is 1610. The zero-order valence-electron chi connectivity index (χ0n) is 22.1. The molecule has 1 aliphatic heterocycles. The zero-order chi connectivity index (χ0) is 27.2. The molecular weight excluding hydrogens is 504 g/mol. The molecule has 2 aromatic heterocycles. The van der Waals surface area contributed by atoms with Gasteiger partial charge >= 0.3 is 0 Å². The van der Waals surface area contributed by atoms with E-state index < -0.39 is 15.4 Å². The summed E-state index contributed by atoms with van der Waals surface area (Å²) in [6, 6.07) is 12.3. The summed E-state index contributed by atoms with van der Waals surface area (Å²) in [6.07, 6.45) is 4.66. The van der Waals surface area contributed by atoms with Crippen molar-refractivity contribution in [1.29, 1.82) is 0 Å². The van der Waals surface area contributed by atoms with Gasteiger partial charge in [-0.25, -0.2) is 17.7 Å². The van der Waals surface area contributed by atoms with Crippen molar-refractivity contribution in [3.05, 3.63) is 66.2 Å². The Kier molecular flexibility index (Phi) is 6.38. The van der Waals surface area contributed by atoms with Crippen LogP contribution in [0.1, 0.15) is 37.9 Å². The van der Waals surface area contributed by atoms with E-state index in [9.17, 15) is 13.2 Å². The van der Waals surface area contributed by atoms with Crippen LogP contribution in [-0.2, 0) is 14.8 Å². The van der Waals surface area contributed by atoms with Crippen molar-refractivity contribution in [3.8, 4) is 22.6 Å². The zero-order valence-corrected chi connectivity index (χ0v) is 22.9. The van der Waals surface area contributed by atoms with Gasteiger partial charge in [0.2, 0.25) is 17.7 Å². The Balaban J connectivity index is 1.69. The molecule has 4 aromatic rings. The first-order valence-corrected chi connectivity index (χ1v) is 13.8. The second-order valence-corrected chi connectivity index (χ2v) is 12.1. The van der Waals surface area contributed by atoms with Gasteiger partial charge in [-0.1, -0.05) is 43.3 Å². The van der Waals surface area contributed by atoms with Crippen LogP contribution in [0.3, 0.4) is 0 Å². The summed E-state index contributed by atoms with van der Waals surface area (Å²) >= 11 is 0. The topological polar surface area (TPSA) is 110 Å². The molecule has 9 nitrogen and oxygen atoms in total. The number of hydrogen-bond acceptors (Lipinski definition) is 7. The molecule has 0 spiro atoms. The molecule has 38 heavy (non-hydrogen) atoms. The van der Waals surface area contributed by atoms with Crippen LogP contribution in [-0.4, -0.2) is 38.1 Å². The third-order valence-electron chi connectivity index (χ3n) is 7.21. The SMILES string of the molecule is Cc1noc(N(C)S(=O)(=O)c2ccccc2-c2ccc(-c3ncco3)cc2N2CCCC(C)(C)C2=O)c1C. The van der Waals surface area contributed by atoms with Crippen molar-refractivity contribution in [2.24, 2.45) is 5.41 Å². The lowest BCUT2D eigenvalue weighted by atomic mass is 9.82. The van der Waals surface area contributed by atoms with Gasteiger partial charge in [0.25, 0.3) is 10.0 Å². The first-order chi connectivity index (χ1) is 18.0. The van der Waals surface area contributed by atoms with E-state index in [0.717, 1.165) is 17.1 Å². The van der Waals surface area contributed by atoms with Gasteiger partial charge in [0.1, 0.15) is 6.26 Å². The van der Waals surface area contributed by atoms with Crippen LogP contribution >= 0.6 is 0 Å². The number of carbonyl (C=O) groups is 1. The van der Waals surface area contributed by atoms with Crippen LogP contribution < -0.4 is 9.21 Å². The first kappa shape index (κ1) is 25.7. The average Bonchev–Trinajstić information content (AvgIpc) is 3.55. The molecule has 1 saturated heterocycles. The second-order valence-electron chi connectivity index (χ2n) is 10.2. The molecule has 0 unspecified atom stereocenters. The summed E-state index contributed by atoms with van der Waals surface area (Å²) < 4.78 is 39.8. The average molecular weight is 535 g/mol. The van der Waals surface area contributed by atoms with E-state index in [1.165, 1.54) is 13.3 Å². The maximum atomic E-state index is 13.9. The number of aromatic nitrogens is 2. The van der Waals surface area contributed by atoms with Crippen LogP contribution in [0.15, 0.2) is 68.8 Å². The number of piperidine rings is 1. The summed E-state index contributed by atoms with van der Waals surface area (Å²) in [4.78, 5) is 19.7. The van der Waals surface area contributed by atoms with E-state index in [2.05, 4.69) is 10.1 Å². The lowest BCUT2D eigenvalue weighted by molar-refractivity contribution is -0.128. The molecule has 2 aromatic carbocycles. The number of hydrogen-bond donors (Lipinski definition) is 0. The van der Waals surface area contributed by atoms with Gasteiger partial charge in [-0.2, -0.15) is 0 Å². The van der Waals surface area contributed by atoms with Crippen LogP contribution in [0.5, 0.6) is 0 Å². The molecule has 5 rings (SSSR count). The number of benzene rings is 2. The summed E-state index contributed by atoms with van der Waals surface area (Å²) in [7, 11) is -2.61. The van der Waals surface area contributed by atoms with Gasteiger partial charge in [0.15, 0.2) is 0 Å². The largest absolute Gasteiger partial charge is 0.445 e. The number of anilines is 2. The summed E-state index contributed by atoms with van der Waals surface area (Å²) in [5.74, 6) is 0.558. The molecule has 0 atom stereocenters. The van der Waals surface area contributed by atoms with Crippen LogP contribution in [0.2, 0.25) is 0 Å². The fourth-order valence-corrected chi connectivity index (χ4v) is 6.22. The minimum atomic E-state index is -4.05. The van der Waals surface area contributed by atoms with Gasteiger partial charge in [-0.05, 0) is 44.9 Å². The van der Waals surface area contributed by atoms with Crippen molar-refractivity contribution >= 4 is 27.5 Å². The number of nitrogens with zero attached hydrogens (tertiary/aromatic N) is 4. The molecule has 0 aliphatic carbocycles. The standard InChI is InChI=1S/C28H30N4O5S/c1-18-19(2)30-37-26(18)31(5)38(34,35)24-10-7-6-9-22(24)21-12-11-20(25-29-14-16-36-25)17-23(21)32-15-8-13-28(3,4)27(32)33/h6-7,9-12,14,16-17H,8,13,15H2,1-5H3. The fraction of sp³-hybridized carbons (Fsp3) is 0.321. The Morgan fingerprint density at radius 1 is 1.08 bits per heavy atom. The van der Waals surface area contributed by atoms with E-state index in [0.29, 0.717) is 46.1 Å². The van der Waals surface area contributed by atoms with Crippen LogP contribution in [0.25, 0.3) is 22.6 Å². The summed E-state index contributed by atoms with van der Waals surface area (Å²) in [6.45, 7) is 7.93. The minimum Gasteiger partial charge on any atom is -0.445 e. The van der Waals surface area contributed by atoms with Crippen molar-refractivity contribution in [2.45, 2.75) is 45.4 Å². The Labute approximate surface area is 222 Å². The van der Waals surface area contributed by atoms with E-state index in [4.69, 9.17) is 8.94 Å². The van der Waals surface area contributed by atoms with E-state index in [1.807, 2.05) is 32.0 Å². The van der Waals surface area contributed by atoms with Crippen molar-refractivity contribution < 1.29 is 22.2 Å². The van der Waals surface area contributed by atoms with Gasteiger partial charge in [0.05, 0.1) is 22.5 Å². The summed E-state index contributed by atoms with van der Waals surface area (Å²) in [5, 5.41) is 3.92. The van der Waals surface area contributed by atoms with E-state index >= 15 is 0 Å². The molecule has 0 bridgehead atoms. The van der Waals surface area contributed by atoms with Crippen LogP contribution in [0.4, 0.5) is 11.6 Å². The Morgan fingerprint density at radius 3 is 2.53 bits per heavy atom. The molecule has 3 heterocycles. The van der Waals surface area contributed by atoms with Gasteiger partial charge in [-0.3, -0.25) is 4.79 Å². The highest BCUT2D eigenvalue weighted by atomic mass is 32.2. The second kappa shape index (κ2) is 9.43. The highest BCUT2D eigenvalue weighted by molar-refractivity contribution is 7.93. The highest BCUT2D eigenvalue weighted by Crippen LogP contribution is 2.42. The highest BCUT2D eigenvalue weighted by Gasteiger charge is 2.38. The Morgan fingerprint density at radius 2 is 1.84 bits per heavy atom. The molecule has 0 saturated carbocycles. The number of carbonyl (C=O) groups excluding carboxylic acids is 1. The van der Waals surface area contributed by atoms with Gasteiger partial charge < -0.3 is 13.8 Å². The minimum absolute atomic E-state index is 0.0141. The maximum absolute atomic E-state index is 13.9. The normalized spacial score (nSPS) is 15.6. The van der Waals surface area contributed by atoms with E-state index in [-0.39, 0.29) is 16.7 Å². The molecule has 0 N–H and O–H groups in total. The van der Waals surface area contributed by atoms with E-state index in [1.54, 1.807) is 49.2 Å². The number of rotatable bonds is 6. The van der Waals surface area contributed by atoms with Crippen molar-refractivity contribution in [3.63, 3.8) is 0 Å². The fourth-order valence-electron chi connectivity index (χ4n) is 4.83. The van der Waals surface area contributed by atoms with Crippen molar-refractivity contribution in [1.82, 2.24) is 10.1 Å². The lowest BCUT2D eigenvalue weighted by Crippen LogP contribution is -2.46. The first-order valence-electron chi connectivity index (χ1n) is 12.4. The predicted molar refractivity (Wildman–Crippen MR) is 144 cm³/mol. The number of aryl methyl sites for hydroxylation is 1. The van der Waals surface area contributed by atoms with Gasteiger partial charge in [0, 0.05) is 41.3 Å². The molecule has 1 fully saturated rings. The molecule has 1 amide bonds. The lowest BCUT2D eigenvalue weighted by Gasteiger charge is -2.38. The number of oxazole rings is 1. The molecular formula is C28H30N4O5S.